The van der Waals surface area contributed by atoms with Gasteiger partial charge in [0.1, 0.15) is 5.69 Å². The minimum atomic E-state index is -0.952. The number of rotatable bonds is 3. The van der Waals surface area contributed by atoms with Gasteiger partial charge in [-0.05, 0) is 44.7 Å². The molecule has 1 aliphatic carbocycles. The molecule has 1 aromatic heterocycles. The molecular formula is C14H16N2O3. The fraction of sp³-hybridized carbons (Fsp3) is 0.357. The highest BCUT2D eigenvalue weighted by molar-refractivity contribution is 5.95. The van der Waals surface area contributed by atoms with E-state index in [4.69, 9.17) is 5.11 Å². The summed E-state index contributed by atoms with van der Waals surface area (Å²) in [5.41, 5.74) is 1.89. The lowest BCUT2D eigenvalue weighted by Crippen LogP contribution is -2.28. The molecule has 0 saturated carbocycles. The molecule has 0 aliphatic heterocycles. The number of carbonyl (C=O) groups excluding carboxylic acids is 1. The van der Waals surface area contributed by atoms with Gasteiger partial charge in [0.25, 0.3) is 5.91 Å². The molecule has 1 aromatic rings. The van der Waals surface area contributed by atoms with Crippen molar-refractivity contribution in [2.75, 3.05) is 0 Å². The zero-order chi connectivity index (χ0) is 13.8. The van der Waals surface area contributed by atoms with Crippen LogP contribution in [0, 0.1) is 6.92 Å². The topological polar surface area (TPSA) is 79.3 Å². The number of pyridine rings is 1. The van der Waals surface area contributed by atoms with E-state index in [0.29, 0.717) is 29.8 Å². The second kappa shape index (κ2) is 5.65. The second-order valence-electron chi connectivity index (χ2n) is 4.59. The first-order chi connectivity index (χ1) is 9.08. The summed E-state index contributed by atoms with van der Waals surface area (Å²) in [4.78, 5) is 27.3. The largest absolute Gasteiger partial charge is 0.478 e. The van der Waals surface area contributed by atoms with Crippen LogP contribution in [0.2, 0.25) is 0 Å². The molecule has 0 atom stereocenters. The molecule has 1 amide bonds. The molecule has 5 heteroatoms. The van der Waals surface area contributed by atoms with Crippen LogP contribution in [0.25, 0.3) is 0 Å². The molecule has 0 spiro atoms. The highest BCUT2D eigenvalue weighted by Gasteiger charge is 2.20. The van der Waals surface area contributed by atoms with Gasteiger partial charge in [0, 0.05) is 11.4 Å². The van der Waals surface area contributed by atoms with Crippen molar-refractivity contribution in [1.82, 2.24) is 10.3 Å². The summed E-state index contributed by atoms with van der Waals surface area (Å²) in [5.74, 6) is -1.30. The van der Waals surface area contributed by atoms with E-state index >= 15 is 0 Å². The summed E-state index contributed by atoms with van der Waals surface area (Å²) < 4.78 is 0. The van der Waals surface area contributed by atoms with Crippen molar-refractivity contribution in [3.63, 3.8) is 0 Å². The maximum absolute atomic E-state index is 12.0. The summed E-state index contributed by atoms with van der Waals surface area (Å²) in [6.07, 6.45) is 2.85. The monoisotopic (exact) mass is 260 g/mol. The van der Waals surface area contributed by atoms with Crippen molar-refractivity contribution >= 4 is 11.9 Å². The Morgan fingerprint density at radius 2 is 2.00 bits per heavy atom. The number of aromatic nitrogens is 1. The molecule has 0 saturated heterocycles. The Morgan fingerprint density at radius 1 is 1.26 bits per heavy atom. The molecule has 2 rings (SSSR count). The third-order valence-corrected chi connectivity index (χ3v) is 3.11. The van der Waals surface area contributed by atoms with Crippen molar-refractivity contribution in [2.45, 2.75) is 32.6 Å². The van der Waals surface area contributed by atoms with E-state index in [1.54, 1.807) is 25.1 Å². The van der Waals surface area contributed by atoms with E-state index in [1.165, 1.54) is 0 Å². The lowest BCUT2D eigenvalue weighted by atomic mass is 9.96. The van der Waals surface area contributed by atoms with Gasteiger partial charge >= 0.3 is 5.97 Å². The van der Waals surface area contributed by atoms with Crippen LogP contribution in [-0.2, 0) is 4.79 Å². The lowest BCUT2D eigenvalue weighted by Gasteiger charge is -2.18. The van der Waals surface area contributed by atoms with Crippen LogP contribution in [0.5, 0.6) is 0 Å². The van der Waals surface area contributed by atoms with Gasteiger partial charge in [0.15, 0.2) is 0 Å². The van der Waals surface area contributed by atoms with Gasteiger partial charge in [-0.1, -0.05) is 6.07 Å². The molecule has 0 aromatic carbocycles. The van der Waals surface area contributed by atoms with Gasteiger partial charge in [-0.3, -0.25) is 4.79 Å². The third-order valence-electron chi connectivity index (χ3n) is 3.11. The molecule has 0 radical (unpaired) electrons. The molecule has 100 valence electrons. The molecule has 0 fully saturated rings. The fourth-order valence-electron chi connectivity index (χ4n) is 2.15. The highest BCUT2D eigenvalue weighted by atomic mass is 16.4. The van der Waals surface area contributed by atoms with Crippen LogP contribution in [0.3, 0.4) is 0 Å². The molecular weight excluding hydrogens is 244 g/mol. The van der Waals surface area contributed by atoms with Gasteiger partial charge < -0.3 is 10.4 Å². The third kappa shape index (κ3) is 3.19. The zero-order valence-corrected chi connectivity index (χ0v) is 10.8. The fourth-order valence-corrected chi connectivity index (χ4v) is 2.15. The SMILES string of the molecule is Cc1cccc(C(=O)NC2=C(C(=O)O)CCCC2)n1. The first-order valence-corrected chi connectivity index (χ1v) is 6.28. The summed E-state index contributed by atoms with van der Waals surface area (Å²) >= 11 is 0. The van der Waals surface area contributed by atoms with E-state index in [9.17, 15) is 9.59 Å². The van der Waals surface area contributed by atoms with Crippen molar-refractivity contribution in [3.05, 3.63) is 40.9 Å². The van der Waals surface area contributed by atoms with E-state index in [-0.39, 0.29) is 5.91 Å². The van der Waals surface area contributed by atoms with Crippen molar-refractivity contribution in [2.24, 2.45) is 0 Å². The van der Waals surface area contributed by atoms with Crippen molar-refractivity contribution in [3.8, 4) is 0 Å². The summed E-state index contributed by atoms with van der Waals surface area (Å²) in [5, 5.41) is 11.8. The van der Waals surface area contributed by atoms with Crippen LogP contribution in [0.15, 0.2) is 29.5 Å². The Kier molecular flexibility index (Phi) is 3.94. The van der Waals surface area contributed by atoms with Gasteiger partial charge in [0.05, 0.1) is 5.57 Å². The zero-order valence-electron chi connectivity index (χ0n) is 10.8. The number of carboxylic acid groups (broad SMARTS) is 1. The van der Waals surface area contributed by atoms with E-state index in [2.05, 4.69) is 10.3 Å². The van der Waals surface area contributed by atoms with Crippen LogP contribution in [0.4, 0.5) is 0 Å². The Bertz CT molecular complexity index is 549. The van der Waals surface area contributed by atoms with Crippen LogP contribution in [-0.4, -0.2) is 22.0 Å². The number of amides is 1. The van der Waals surface area contributed by atoms with Gasteiger partial charge in [0.2, 0.25) is 0 Å². The average Bonchev–Trinajstić information content (AvgIpc) is 2.39. The number of allylic oxidation sites excluding steroid dienone is 1. The highest BCUT2D eigenvalue weighted by Crippen LogP contribution is 2.23. The number of aryl methyl sites for hydroxylation is 1. The van der Waals surface area contributed by atoms with Gasteiger partial charge in [-0.2, -0.15) is 0 Å². The average molecular weight is 260 g/mol. The number of carboxylic acids is 1. The first-order valence-electron chi connectivity index (χ1n) is 6.28. The van der Waals surface area contributed by atoms with E-state index in [0.717, 1.165) is 18.5 Å². The number of nitrogens with zero attached hydrogens (tertiary/aromatic N) is 1. The summed E-state index contributed by atoms with van der Waals surface area (Å²) in [6, 6.07) is 5.18. The van der Waals surface area contributed by atoms with Crippen molar-refractivity contribution in [1.29, 1.82) is 0 Å². The van der Waals surface area contributed by atoms with Crippen molar-refractivity contribution < 1.29 is 14.7 Å². The predicted molar refractivity (Wildman–Crippen MR) is 69.6 cm³/mol. The molecule has 1 aliphatic rings. The van der Waals surface area contributed by atoms with Gasteiger partial charge in [-0.15, -0.1) is 0 Å². The minimum Gasteiger partial charge on any atom is -0.478 e. The lowest BCUT2D eigenvalue weighted by molar-refractivity contribution is -0.133. The normalized spacial score (nSPS) is 15.2. The molecule has 5 nitrogen and oxygen atoms in total. The number of hydrogen-bond acceptors (Lipinski definition) is 3. The quantitative estimate of drug-likeness (QED) is 0.871. The molecule has 1 heterocycles. The number of carbonyl (C=O) groups is 2. The maximum Gasteiger partial charge on any atom is 0.333 e. The molecule has 19 heavy (non-hydrogen) atoms. The predicted octanol–water partition coefficient (Wildman–Crippen LogP) is 2.03. The second-order valence-corrected chi connectivity index (χ2v) is 4.59. The Hall–Kier alpha value is -2.17. The molecule has 0 bridgehead atoms. The van der Waals surface area contributed by atoms with Crippen LogP contribution >= 0.6 is 0 Å². The van der Waals surface area contributed by atoms with Gasteiger partial charge in [-0.25, -0.2) is 9.78 Å². The molecule has 0 unspecified atom stereocenters. The molecule has 2 N–H and O–H groups in total. The number of hydrogen-bond donors (Lipinski definition) is 2. The van der Waals surface area contributed by atoms with E-state index in [1.807, 2.05) is 0 Å². The first kappa shape index (κ1) is 13.3. The standard InChI is InChI=1S/C14H16N2O3/c1-9-5-4-8-12(15-9)13(17)16-11-7-3-2-6-10(11)14(18)19/h4-5,8H,2-3,6-7H2,1H3,(H,16,17)(H,18,19). The Balaban J connectivity index is 2.20. The summed E-state index contributed by atoms with van der Waals surface area (Å²) in [7, 11) is 0. The Morgan fingerprint density at radius 3 is 2.68 bits per heavy atom. The van der Waals surface area contributed by atoms with E-state index < -0.39 is 5.97 Å². The smallest absolute Gasteiger partial charge is 0.333 e. The maximum atomic E-state index is 12.0. The van der Waals surface area contributed by atoms with Crippen LogP contribution < -0.4 is 5.32 Å². The minimum absolute atomic E-state index is 0.308. The summed E-state index contributed by atoms with van der Waals surface area (Å²) in [6.45, 7) is 1.80. The number of nitrogens with one attached hydrogen (secondary N) is 1. The number of aliphatic carboxylic acids is 1. The van der Waals surface area contributed by atoms with Crippen LogP contribution in [0.1, 0.15) is 41.9 Å². The Labute approximate surface area is 111 Å².